The standard InChI is InChI=1S/C13H19N5/c1-17(2)7-10-4-6-18(8-10)13-12-11(3-5-14-12)15-9-16-13/h3,5,9-10,14H,4,6-8H2,1-2H3/t10-/m1/s1. The first-order chi connectivity index (χ1) is 8.74. The molecule has 1 N–H and O–H groups in total. The molecule has 96 valence electrons. The van der Waals surface area contributed by atoms with Gasteiger partial charge in [0.05, 0.1) is 5.52 Å². The summed E-state index contributed by atoms with van der Waals surface area (Å²) in [5, 5.41) is 0. The van der Waals surface area contributed by atoms with Gasteiger partial charge in [0.25, 0.3) is 0 Å². The molecular formula is C13H19N5. The van der Waals surface area contributed by atoms with Crippen LogP contribution < -0.4 is 4.90 Å². The summed E-state index contributed by atoms with van der Waals surface area (Å²) in [7, 11) is 4.27. The lowest BCUT2D eigenvalue weighted by atomic mass is 10.1. The van der Waals surface area contributed by atoms with E-state index in [4.69, 9.17) is 0 Å². The molecule has 1 aliphatic heterocycles. The average Bonchev–Trinajstić information content (AvgIpc) is 2.95. The number of rotatable bonds is 3. The Hall–Kier alpha value is -1.62. The molecule has 5 nitrogen and oxygen atoms in total. The zero-order valence-electron chi connectivity index (χ0n) is 10.9. The number of fused-ring (bicyclic) bond motifs is 1. The molecule has 3 rings (SSSR count). The van der Waals surface area contributed by atoms with E-state index in [1.807, 2.05) is 12.3 Å². The van der Waals surface area contributed by atoms with Crippen LogP contribution in [0, 0.1) is 5.92 Å². The van der Waals surface area contributed by atoms with Crippen molar-refractivity contribution in [2.45, 2.75) is 6.42 Å². The predicted octanol–water partition coefficient (Wildman–Crippen LogP) is 1.35. The van der Waals surface area contributed by atoms with Crippen LogP contribution >= 0.6 is 0 Å². The Morgan fingerprint density at radius 3 is 3.17 bits per heavy atom. The molecule has 1 fully saturated rings. The molecule has 1 aliphatic rings. The second kappa shape index (κ2) is 4.57. The lowest BCUT2D eigenvalue weighted by Gasteiger charge is -2.19. The summed E-state index contributed by atoms with van der Waals surface area (Å²) >= 11 is 0. The third-order valence-corrected chi connectivity index (χ3v) is 3.53. The topological polar surface area (TPSA) is 48.1 Å². The molecule has 0 radical (unpaired) electrons. The first-order valence-electron chi connectivity index (χ1n) is 6.42. The van der Waals surface area contributed by atoms with Crippen LogP contribution in [0.4, 0.5) is 5.82 Å². The lowest BCUT2D eigenvalue weighted by molar-refractivity contribution is 0.340. The molecule has 0 bridgehead atoms. The van der Waals surface area contributed by atoms with Crippen molar-refractivity contribution in [3.8, 4) is 0 Å². The van der Waals surface area contributed by atoms with E-state index < -0.39 is 0 Å². The molecule has 2 aromatic rings. The Kier molecular flexibility index (Phi) is 2.91. The molecule has 1 atom stereocenters. The van der Waals surface area contributed by atoms with E-state index in [-0.39, 0.29) is 0 Å². The highest BCUT2D eigenvalue weighted by Gasteiger charge is 2.25. The van der Waals surface area contributed by atoms with E-state index >= 15 is 0 Å². The van der Waals surface area contributed by atoms with Gasteiger partial charge < -0.3 is 14.8 Å². The van der Waals surface area contributed by atoms with Crippen LogP contribution in [0.25, 0.3) is 11.0 Å². The van der Waals surface area contributed by atoms with Crippen LogP contribution in [0.3, 0.4) is 0 Å². The van der Waals surface area contributed by atoms with E-state index in [9.17, 15) is 0 Å². The highest BCUT2D eigenvalue weighted by atomic mass is 15.2. The number of nitrogens with one attached hydrogen (secondary N) is 1. The fourth-order valence-corrected chi connectivity index (χ4v) is 2.79. The smallest absolute Gasteiger partial charge is 0.156 e. The average molecular weight is 245 g/mol. The van der Waals surface area contributed by atoms with Crippen LogP contribution in [-0.2, 0) is 0 Å². The summed E-state index contributed by atoms with van der Waals surface area (Å²) in [6, 6.07) is 1.99. The molecule has 0 unspecified atom stereocenters. The molecule has 0 aromatic carbocycles. The SMILES string of the molecule is CN(C)C[C@H]1CCN(c2ncnc3cc[nH]c23)C1. The van der Waals surface area contributed by atoms with E-state index in [2.05, 4.69) is 38.8 Å². The van der Waals surface area contributed by atoms with E-state index in [1.54, 1.807) is 6.33 Å². The molecule has 3 heterocycles. The largest absolute Gasteiger partial charge is 0.357 e. The van der Waals surface area contributed by atoms with Gasteiger partial charge >= 0.3 is 0 Å². The molecular weight excluding hydrogens is 226 g/mol. The van der Waals surface area contributed by atoms with Crippen molar-refractivity contribution in [2.24, 2.45) is 5.92 Å². The van der Waals surface area contributed by atoms with E-state index in [0.29, 0.717) is 0 Å². The molecule has 18 heavy (non-hydrogen) atoms. The van der Waals surface area contributed by atoms with Crippen molar-refractivity contribution in [2.75, 3.05) is 38.6 Å². The second-order valence-corrected chi connectivity index (χ2v) is 5.30. The highest BCUT2D eigenvalue weighted by molar-refractivity contribution is 5.85. The van der Waals surface area contributed by atoms with Gasteiger partial charge in [0.1, 0.15) is 11.8 Å². The molecule has 2 aromatic heterocycles. The van der Waals surface area contributed by atoms with Gasteiger partial charge in [-0.15, -0.1) is 0 Å². The van der Waals surface area contributed by atoms with Gasteiger partial charge in [0, 0.05) is 25.8 Å². The fourth-order valence-electron chi connectivity index (χ4n) is 2.79. The lowest BCUT2D eigenvalue weighted by Crippen LogP contribution is -2.26. The summed E-state index contributed by atoms with van der Waals surface area (Å²) in [6.07, 6.45) is 4.82. The van der Waals surface area contributed by atoms with Crippen LogP contribution in [-0.4, -0.2) is 53.6 Å². The minimum Gasteiger partial charge on any atom is -0.357 e. The van der Waals surface area contributed by atoms with Crippen molar-refractivity contribution in [3.05, 3.63) is 18.6 Å². The van der Waals surface area contributed by atoms with Crippen molar-refractivity contribution < 1.29 is 0 Å². The predicted molar refractivity (Wildman–Crippen MR) is 72.8 cm³/mol. The van der Waals surface area contributed by atoms with Gasteiger partial charge in [-0.2, -0.15) is 0 Å². The number of hydrogen-bond acceptors (Lipinski definition) is 4. The number of anilines is 1. The molecule has 0 saturated carbocycles. The number of aromatic amines is 1. The Bertz CT molecular complexity index is 533. The summed E-state index contributed by atoms with van der Waals surface area (Å²) < 4.78 is 0. The van der Waals surface area contributed by atoms with Gasteiger partial charge in [0.2, 0.25) is 0 Å². The van der Waals surface area contributed by atoms with E-state index in [1.165, 1.54) is 6.42 Å². The first-order valence-corrected chi connectivity index (χ1v) is 6.42. The Morgan fingerprint density at radius 2 is 2.33 bits per heavy atom. The molecule has 5 heteroatoms. The van der Waals surface area contributed by atoms with Gasteiger partial charge in [-0.25, -0.2) is 9.97 Å². The minimum absolute atomic E-state index is 0.736. The van der Waals surface area contributed by atoms with Gasteiger partial charge in [0.15, 0.2) is 5.82 Å². The second-order valence-electron chi connectivity index (χ2n) is 5.30. The van der Waals surface area contributed by atoms with Crippen LogP contribution in [0.1, 0.15) is 6.42 Å². The molecule has 0 amide bonds. The van der Waals surface area contributed by atoms with Crippen molar-refractivity contribution in [3.63, 3.8) is 0 Å². The number of aromatic nitrogens is 3. The zero-order chi connectivity index (χ0) is 12.5. The summed E-state index contributed by atoms with van der Waals surface area (Å²) in [5.74, 6) is 1.78. The van der Waals surface area contributed by atoms with Crippen LogP contribution in [0.5, 0.6) is 0 Å². The molecule has 1 saturated heterocycles. The molecule has 0 spiro atoms. The quantitative estimate of drug-likeness (QED) is 0.886. The minimum atomic E-state index is 0.736. The van der Waals surface area contributed by atoms with Crippen molar-refractivity contribution in [1.29, 1.82) is 0 Å². The number of H-pyrrole nitrogens is 1. The van der Waals surface area contributed by atoms with Crippen molar-refractivity contribution >= 4 is 16.9 Å². The maximum absolute atomic E-state index is 4.44. The first kappa shape index (κ1) is 11.5. The van der Waals surface area contributed by atoms with E-state index in [0.717, 1.165) is 42.4 Å². The Balaban J connectivity index is 1.82. The normalized spacial score (nSPS) is 20.2. The number of hydrogen-bond donors (Lipinski definition) is 1. The fraction of sp³-hybridized carbons (Fsp3) is 0.538. The maximum Gasteiger partial charge on any atom is 0.156 e. The van der Waals surface area contributed by atoms with Crippen LogP contribution in [0.15, 0.2) is 18.6 Å². The molecule has 0 aliphatic carbocycles. The summed E-state index contributed by atoms with van der Waals surface area (Å²) in [4.78, 5) is 16.6. The highest BCUT2D eigenvalue weighted by Crippen LogP contribution is 2.27. The summed E-state index contributed by atoms with van der Waals surface area (Å²) in [5.41, 5.74) is 2.05. The van der Waals surface area contributed by atoms with Gasteiger partial charge in [-0.05, 0) is 32.5 Å². The number of nitrogens with zero attached hydrogens (tertiary/aromatic N) is 4. The van der Waals surface area contributed by atoms with Crippen LogP contribution in [0.2, 0.25) is 0 Å². The monoisotopic (exact) mass is 245 g/mol. The van der Waals surface area contributed by atoms with Gasteiger partial charge in [-0.3, -0.25) is 0 Å². The summed E-state index contributed by atoms with van der Waals surface area (Å²) in [6.45, 7) is 3.32. The zero-order valence-corrected chi connectivity index (χ0v) is 10.9. The Labute approximate surface area is 107 Å². The third kappa shape index (κ3) is 2.06. The Morgan fingerprint density at radius 1 is 1.44 bits per heavy atom. The van der Waals surface area contributed by atoms with Gasteiger partial charge in [-0.1, -0.05) is 0 Å². The third-order valence-electron chi connectivity index (χ3n) is 3.53. The maximum atomic E-state index is 4.44. The van der Waals surface area contributed by atoms with Crippen molar-refractivity contribution in [1.82, 2.24) is 19.9 Å².